The fourth-order valence-corrected chi connectivity index (χ4v) is 3.98. The minimum atomic E-state index is -4.00. The van der Waals surface area contributed by atoms with Crippen molar-refractivity contribution in [2.24, 2.45) is 0 Å². The predicted molar refractivity (Wildman–Crippen MR) is 85.1 cm³/mol. The average molecular weight is 374 g/mol. The molecule has 0 saturated carbocycles. The Hall–Kier alpha value is -1.07. The molecule has 0 aromatic heterocycles. The van der Waals surface area contributed by atoms with Gasteiger partial charge in [-0.1, -0.05) is 17.7 Å². The second-order valence-electron chi connectivity index (χ2n) is 6.71. The molecular weight excluding hydrogens is 352 g/mol. The van der Waals surface area contributed by atoms with Crippen LogP contribution in [0.1, 0.15) is 19.4 Å². The smallest absolute Gasteiger partial charge is 0.297 e. The molecule has 0 radical (unpaired) electrons. The van der Waals surface area contributed by atoms with E-state index in [-0.39, 0.29) is 4.90 Å². The van der Waals surface area contributed by atoms with Crippen molar-refractivity contribution in [1.29, 1.82) is 0 Å². The van der Waals surface area contributed by atoms with E-state index in [1.807, 2.05) is 6.92 Å². The van der Waals surface area contributed by atoms with E-state index in [1.165, 1.54) is 12.1 Å². The van der Waals surface area contributed by atoms with Crippen LogP contribution in [-0.2, 0) is 28.5 Å². The molecule has 9 heteroatoms. The first kappa shape index (κ1) is 18.7. The Balaban J connectivity index is 1.70. The lowest BCUT2D eigenvalue weighted by atomic mass is 10.1. The molecule has 0 amide bonds. The van der Waals surface area contributed by atoms with Crippen molar-refractivity contribution in [2.75, 3.05) is 13.2 Å². The first-order chi connectivity index (χ1) is 11.6. The number of hydrogen-bond donors (Lipinski definition) is 2. The summed E-state index contributed by atoms with van der Waals surface area (Å²) in [6.45, 7) is 4.13. The van der Waals surface area contributed by atoms with Crippen molar-refractivity contribution in [2.45, 2.75) is 55.6 Å². The number of aliphatic hydroxyl groups is 2. The molecule has 140 valence electrons. The third-order valence-electron chi connectivity index (χ3n) is 4.22. The zero-order valence-corrected chi connectivity index (χ0v) is 15.0. The van der Waals surface area contributed by atoms with Gasteiger partial charge in [-0.3, -0.25) is 4.18 Å². The second kappa shape index (κ2) is 6.27. The molecule has 2 N–H and O–H groups in total. The van der Waals surface area contributed by atoms with Gasteiger partial charge in [0.1, 0.15) is 24.9 Å². The molecule has 3 rings (SSSR count). The summed E-state index contributed by atoms with van der Waals surface area (Å²) in [5.41, 5.74) is 0.920. The Morgan fingerprint density at radius 1 is 1.20 bits per heavy atom. The van der Waals surface area contributed by atoms with Gasteiger partial charge in [0.25, 0.3) is 10.1 Å². The van der Waals surface area contributed by atoms with E-state index in [0.717, 1.165) is 5.56 Å². The minimum absolute atomic E-state index is 0.0104. The van der Waals surface area contributed by atoms with Gasteiger partial charge in [-0.05, 0) is 32.9 Å². The topological polar surface area (TPSA) is 112 Å². The molecule has 8 nitrogen and oxygen atoms in total. The summed E-state index contributed by atoms with van der Waals surface area (Å²) in [7, 11) is -4.00. The lowest BCUT2D eigenvalue weighted by Gasteiger charge is -2.26. The molecule has 1 aromatic carbocycles. The first-order valence-corrected chi connectivity index (χ1v) is 9.30. The summed E-state index contributed by atoms with van der Waals surface area (Å²) in [6, 6.07) is 6.20. The van der Waals surface area contributed by atoms with Crippen LogP contribution in [0.5, 0.6) is 0 Å². The van der Waals surface area contributed by atoms with Crippen LogP contribution in [-0.4, -0.2) is 61.7 Å². The highest BCUT2D eigenvalue weighted by Crippen LogP contribution is 2.45. The number of aliphatic hydroxyl groups excluding tert-OH is 2. The fourth-order valence-electron chi connectivity index (χ4n) is 3.06. The maximum atomic E-state index is 12.2. The molecule has 2 aliphatic heterocycles. The molecule has 0 bridgehead atoms. The summed E-state index contributed by atoms with van der Waals surface area (Å²) in [5, 5.41) is 20.0. The van der Waals surface area contributed by atoms with Crippen LogP contribution < -0.4 is 0 Å². The van der Waals surface area contributed by atoms with Crippen molar-refractivity contribution in [3.05, 3.63) is 29.8 Å². The zero-order valence-electron chi connectivity index (χ0n) is 14.2. The Bertz CT molecular complexity index is 729. The number of benzene rings is 1. The molecule has 0 spiro atoms. The number of aryl methyl sites for hydroxylation is 1. The van der Waals surface area contributed by atoms with Crippen molar-refractivity contribution in [3.8, 4) is 0 Å². The molecule has 2 saturated heterocycles. The Morgan fingerprint density at radius 3 is 2.40 bits per heavy atom. The molecule has 1 aromatic rings. The SMILES string of the molecule is Cc1ccc(S(=O)(=O)OC[C@@H]2O[C@@]3(CO)OC(C)(C)OC3C2O)cc1. The highest BCUT2D eigenvalue weighted by molar-refractivity contribution is 7.86. The van der Waals surface area contributed by atoms with E-state index in [0.29, 0.717) is 0 Å². The van der Waals surface area contributed by atoms with Crippen LogP contribution in [0.2, 0.25) is 0 Å². The van der Waals surface area contributed by atoms with Crippen molar-refractivity contribution < 1.29 is 37.0 Å². The lowest BCUT2D eigenvalue weighted by Crippen LogP contribution is -2.43. The van der Waals surface area contributed by atoms with Crippen LogP contribution in [0.3, 0.4) is 0 Å². The maximum absolute atomic E-state index is 12.2. The highest BCUT2D eigenvalue weighted by Gasteiger charge is 2.64. The summed E-state index contributed by atoms with van der Waals surface area (Å²) in [5.74, 6) is -2.57. The Kier molecular flexibility index (Phi) is 4.70. The van der Waals surface area contributed by atoms with E-state index in [4.69, 9.17) is 18.4 Å². The van der Waals surface area contributed by atoms with Gasteiger partial charge in [-0.2, -0.15) is 8.42 Å². The largest absolute Gasteiger partial charge is 0.391 e. The maximum Gasteiger partial charge on any atom is 0.297 e. The molecule has 4 atom stereocenters. The minimum Gasteiger partial charge on any atom is -0.391 e. The number of hydrogen-bond acceptors (Lipinski definition) is 8. The van der Waals surface area contributed by atoms with Crippen LogP contribution >= 0.6 is 0 Å². The standard InChI is InChI=1S/C16H22O8S/c1-10-4-6-11(7-5-10)25(19,20)21-8-12-13(18)14-16(9-17,22-12)24-15(2,3)23-14/h4-7,12-14,17-18H,8-9H2,1-3H3/t12-,13?,14?,16-/m0/s1. The van der Waals surface area contributed by atoms with Gasteiger partial charge >= 0.3 is 0 Å². The van der Waals surface area contributed by atoms with E-state index < -0.39 is 53.2 Å². The van der Waals surface area contributed by atoms with Gasteiger partial charge in [-0.25, -0.2) is 0 Å². The summed E-state index contributed by atoms with van der Waals surface area (Å²) < 4.78 is 46.2. The van der Waals surface area contributed by atoms with Crippen LogP contribution in [0, 0.1) is 6.92 Å². The number of fused-ring (bicyclic) bond motifs is 1. The molecule has 0 aliphatic carbocycles. The lowest BCUT2D eigenvalue weighted by molar-refractivity contribution is -0.275. The quantitative estimate of drug-likeness (QED) is 0.708. The van der Waals surface area contributed by atoms with Gasteiger partial charge in [-0.15, -0.1) is 0 Å². The van der Waals surface area contributed by atoms with Gasteiger partial charge in [0.2, 0.25) is 5.79 Å². The molecule has 25 heavy (non-hydrogen) atoms. The number of rotatable bonds is 5. The van der Waals surface area contributed by atoms with Gasteiger partial charge in [0.15, 0.2) is 5.79 Å². The molecule has 2 fully saturated rings. The summed E-state index contributed by atoms with van der Waals surface area (Å²) >= 11 is 0. The third kappa shape index (κ3) is 3.45. The van der Waals surface area contributed by atoms with E-state index in [2.05, 4.69) is 0 Å². The Morgan fingerprint density at radius 2 is 1.84 bits per heavy atom. The highest BCUT2D eigenvalue weighted by atomic mass is 32.2. The molecule has 2 unspecified atom stereocenters. The van der Waals surface area contributed by atoms with Crippen molar-refractivity contribution in [3.63, 3.8) is 0 Å². The van der Waals surface area contributed by atoms with Crippen molar-refractivity contribution >= 4 is 10.1 Å². The first-order valence-electron chi connectivity index (χ1n) is 7.89. The van der Waals surface area contributed by atoms with E-state index in [1.54, 1.807) is 26.0 Å². The second-order valence-corrected chi connectivity index (χ2v) is 8.32. The Labute approximate surface area is 146 Å². The van der Waals surface area contributed by atoms with Gasteiger partial charge < -0.3 is 24.4 Å². The molecular formula is C16H22O8S. The van der Waals surface area contributed by atoms with Crippen LogP contribution in [0.4, 0.5) is 0 Å². The average Bonchev–Trinajstić information content (AvgIpc) is 2.95. The van der Waals surface area contributed by atoms with Gasteiger partial charge in [0.05, 0.1) is 11.5 Å². The van der Waals surface area contributed by atoms with Gasteiger partial charge in [0, 0.05) is 0 Å². The van der Waals surface area contributed by atoms with Crippen LogP contribution in [0.15, 0.2) is 29.2 Å². The predicted octanol–water partition coefficient (Wildman–Crippen LogP) is 0.300. The van der Waals surface area contributed by atoms with E-state index >= 15 is 0 Å². The number of ether oxygens (including phenoxy) is 3. The van der Waals surface area contributed by atoms with Crippen LogP contribution in [0.25, 0.3) is 0 Å². The monoisotopic (exact) mass is 374 g/mol. The van der Waals surface area contributed by atoms with E-state index in [9.17, 15) is 18.6 Å². The van der Waals surface area contributed by atoms with Crippen molar-refractivity contribution in [1.82, 2.24) is 0 Å². The summed E-state index contributed by atoms with van der Waals surface area (Å²) in [6.07, 6.45) is -3.17. The summed E-state index contributed by atoms with van der Waals surface area (Å²) in [4.78, 5) is 0.0104. The molecule has 2 heterocycles. The zero-order chi connectivity index (χ0) is 18.5. The normalized spacial score (nSPS) is 34.2. The fraction of sp³-hybridized carbons (Fsp3) is 0.625. The molecule has 2 aliphatic rings. The third-order valence-corrected chi connectivity index (χ3v) is 5.52.